The third-order valence-corrected chi connectivity index (χ3v) is 9.17. The van der Waals surface area contributed by atoms with E-state index < -0.39 is 21.5 Å². The number of aryl methyl sites for hydroxylation is 2. The van der Waals surface area contributed by atoms with Gasteiger partial charge in [-0.05, 0) is 45.2 Å². The number of fused-ring (bicyclic) bond motifs is 1. The molecule has 2 fully saturated rings. The largest absolute Gasteiger partial charge is 0.342 e. The molecule has 34 heavy (non-hydrogen) atoms. The molecule has 5 rings (SSSR count). The number of rotatable bonds is 4. The van der Waals surface area contributed by atoms with Gasteiger partial charge in [0.1, 0.15) is 5.82 Å². The van der Waals surface area contributed by atoms with Crippen molar-refractivity contribution < 1.29 is 18.0 Å². The molecule has 1 spiro atoms. The van der Waals surface area contributed by atoms with Crippen molar-refractivity contribution in [3.8, 4) is 0 Å². The summed E-state index contributed by atoms with van der Waals surface area (Å²) in [6.07, 6.45) is 3.42. The lowest BCUT2D eigenvalue weighted by Gasteiger charge is -2.61. The first kappa shape index (κ1) is 23.0. The van der Waals surface area contributed by atoms with E-state index in [1.807, 2.05) is 36.9 Å². The van der Waals surface area contributed by atoms with Crippen molar-refractivity contribution in [1.82, 2.24) is 23.7 Å². The van der Waals surface area contributed by atoms with Crippen LogP contribution in [0, 0.1) is 6.92 Å². The Hall–Kier alpha value is -2.72. The van der Waals surface area contributed by atoms with E-state index in [4.69, 9.17) is 0 Å². The maximum absolute atomic E-state index is 13.9. The van der Waals surface area contributed by atoms with Crippen molar-refractivity contribution in [2.75, 3.05) is 26.2 Å². The molecule has 1 aromatic heterocycles. The zero-order chi connectivity index (χ0) is 24.4. The van der Waals surface area contributed by atoms with E-state index in [-0.39, 0.29) is 36.0 Å². The second kappa shape index (κ2) is 7.91. The van der Waals surface area contributed by atoms with Gasteiger partial charge in [-0.25, -0.2) is 13.4 Å². The Morgan fingerprint density at radius 2 is 1.79 bits per heavy atom. The number of hydrogen-bond acceptors (Lipinski definition) is 5. The van der Waals surface area contributed by atoms with Crippen molar-refractivity contribution >= 4 is 21.8 Å². The van der Waals surface area contributed by atoms with E-state index in [0.29, 0.717) is 30.0 Å². The number of hydrogen-bond donors (Lipinski definition) is 0. The lowest BCUT2D eigenvalue weighted by Crippen LogP contribution is -2.78. The van der Waals surface area contributed by atoms with Crippen LogP contribution in [0.5, 0.6) is 0 Å². The number of amides is 2. The number of aromatic nitrogens is 2. The van der Waals surface area contributed by atoms with Crippen LogP contribution < -0.4 is 0 Å². The number of imidazole rings is 1. The first-order chi connectivity index (χ1) is 16.1. The minimum Gasteiger partial charge on any atom is -0.342 e. The lowest BCUT2D eigenvalue weighted by molar-refractivity contribution is -0.140. The Morgan fingerprint density at radius 3 is 2.38 bits per heavy atom. The van der Waals surface area contributed by atoms with Gasteiger partial charge in [0, 0.05) is 51.0 Å². The quantitative estimate of drug-likeness (QED) is 0.657. The van der Waals surface area contributed by atoms with Gasteiger partial charge in [0.05, 0.1) is 11.5 Å². The molecule has 0 N–H and O–H groups in total. The summed E-state index contributed by atoms with van der Waals surface area (Å²) >= 11 is 0. The van der Waals surface area contributed by atoms with Gasteiger partial charge in [-0.2, -0.15) is 4.31 Å². The van der Waals surface area contributed by atoms with E-state index in [1.165, 1.54) is 10.5 Å². The van der Waals surface area contributed by atoms with E-state index in [1.54, 1.807) is 29.5 Å². The summed E-state index contributed by atoms with van der Waals surface area (Å²) in [5.41, 5.74) is 0.295. The number of nitrogens with zero attached hydrogens (tertiary/aromatic N) is 5. The molecule has 3 aliphatic rings. The SMILES string of the molecule is Cc1nc(S(=O)(=O)N2CC3(C2)C(C(=O)N2CCCC2)c2ccccc2C(=O)N3C(C)C)cn1C. The molecule has 3 aliphatic heterocycles. The molecule has 2 amide bonds. The third-order valence-electron chi connectivity index (χ3n) is 7.51. The molecular formula is C24H31N5O4S. The van der Waals surface area contributed by atoms with Crippen LogP contribution in [0.25, 0.3) is 0 Å². The summed E-state index contributed by atoms with van der Waals surface area (Å²) in [7, 11) is -2.10. The number of likely N-dealkylation sites (tertiary alicyclic amines) is 1. The Morgan fingerprint density at radius 1 is 1.15 bits per heavy atom. The van der Waals surface area contributed by atoms with E-state index in [9.17, 15) is 18.0 Å². The fourth-order valence-electron chi connectivity index (χ4n) is 5.79. The van der Waals surface area contributed by atoms with Crippen molar-refractivity contribution in [3.05, 3.63) is 47.4 Å². The smallest absolute Gasteiger partial charge is 0.262 e. The molecule has 182 valence electrons. The minimum absolute atomic E-state index is 0.0107. The van der Waals surface area contributed by atoms with Gasteiger partial charge in [-0.3, -0.25) is 9.59 Å². The number of benzene rings is 1. The molecule has 2 saturated heterocycles. The fourth-order valence-corrected chi connectivity index (χ4v) is 7.38. The van der Waals surface area contributed by atoms with Gasteiger partial charge >= 0.3 is 0 Å². The normalized spacial score (nSPS) is 22.4. The van der Waals surface area contributed by atoms with Crippen LogP contribution in [-0.4, -0.2) is 81.6 Å². The highest BCUT2D eigenvalue weighted by molar-refractivity contribution is 7.89. The maximum Gasteiger partial charge on any atom is 0.262 e. The van der Waals surface area contributed by atoms with Crippen molar-refractivity contribution in [1.29, 1.82) is 0 Å². The van der Waals surface area contributed by atoms with Crippen LogP contribution in [0.15, 0.2) is 35.5 Å². The standard InChI is InChI=1S/C24H31N5O4S/c1-16(2)29-22(30)19-10-6-5-9-18(19)21(23(31)27-11-7-8-12-27)24(29)14-28(15-24)34(32,33)20-13-26(4)17(3)25-20/h5-6,9-10,13,16,21H,7-8,11-12,14-15H2,1-4H3. The highest BCUT2D eigenvalue weighted by Gasteiger charge is 2.64. The molecular weight excluding hydrogens is 454 g/mol. The number of carbonyl (C=O) groups excluding carboxylic acids is 2. The van der Waals surface area contributed by atoms with Crippen LogP contribution in [-0.2, 0) is 21.9 Å². The summed E-state index contributed by atoms with van der Waals surface area (Å²) in [5, 5.41) is -0.0107. The van der Waals surface area contributed by atoms with Crippen molar-refractivity contribution in [2.24, 2.45) is 7.05 Å². The zero-order valence-corrected chi connectivity index (χ0v) is 20.9. The molecule has 0 bridgehead atoms. The predicted octanol–water partition coefficient (Wildman–Crippen LogP) is 1.74. The summed E-state index contributed by atoms with van der Waals surface area (Å²) in [6.45, 7) is 7.10. The van der Waals surface area contributed by atoms with E-state index in [0.717, 1.165) is 12.8 Å². The number of sulfonamides is 1. The van der Waals surface area contributed by atoms with E-state index >= 15 is 0 Å². The van der Waals surface area contributed by atoms with Gasteiger partial charge < -0.3 is 14.4 Å². The fraction of sp³-hybridized carbons (Fsp3) is 0.542. The van der Waals surface area contributed by atoms with Gasteiger partial charge in [0.15, 0.2) is 5.03 Å². The van der Waals surface area contributed by atoms with Crippen molar-refractivity contribution in [2.45, 2.75) is 56.1 Å². The molecule has 1 aromatic carbocycles. The van der Waals surface area contributed by atoms with Crippen LogP contribution in [0.3, 0.4) is 0 Å². The molecule has 2 aromatic rings. The predicted molar refractivity (Wildman–Crippen MR) is 126 cm³/mol. The summed E-state index contributed by atoms with van der Waals surface area (Å²) in [4.78, 5) is 35.4. The summed E-state index contributed by atoms with van der Waals surface area (Å²) < 4.78 is 29.8. The average molecular weight is 486 g/mol. The first-order valence-corrected chi connectivity index (χ1v) is 13.2. The lowest BCUT2D eigenvalue weighted by atomic mass is 9.68. The third kappa shape index (κ3) is 3.22. The second-order valence-electron chi connectivity index (χ2n) is 9.94. The van der Waals surface area contributed by atoms with Gasteiger partial charge in [-0.1, -0.05) is 18.2 Å². The molecule has 0 saturated carbocycles. The van der Waals surface area contributed by atoms with Gasteiger partial charge in [0.2, 0.25) is 5.91 Å². The molecule has 10 heteroatoms. The molecule has 9 nitrogen and oxygen atoms in total. The molecule has 1 atom stereocenters. The summed E-state index contributed by atoms with van der Waals surface area (Å²) in [5.74, 6) is -0.184. The van der Waals surface area contributed by atoms with Crippen LogP contribution in [0.1, 0.15) is 54.4 Å². The Balaban J connectivity index is 1.59. The first-order valence-electron chi connectivity index (χ1n) is 11.8. The Bertz CT molecular complexity index is 1240. The van der Waals surface area contributed by atoms with Crippen LogP contribution in [0.2, 0.25) is 0 Å². The molecule has 0 radical (unpaired) electrons. The maximum atomic E-state index is 13.9. The van der Waals surface area contributed by atoms with Gasteiger partial charge in [0.25, 0.3) is 15.9 Å². The zero-order valence-electron chi connectivity index (χ0n) is 20.1. The molecule has 4 heterocycles. The highest BCUT2D eigenvalue weighted by Crippen LogP contribution is 2.49. The average Bonchev–Trinajstić information content (AvgIpc) is 3.41. The number of carbonyl (C=O) groups is 2. The highest BCUT2D eigenvalue weighted by atomic mass is 32.2. The minimum atomic E-state index is -3.85. The Labute approximate surface area is 200 Å². The van der Waals surface area contributed by atoms with Crippen molar-refractivity contribution in [3.63, 3.8) is 0 Å². The van der Waals surface area contributed by atoms with Crippen LogP contribution >= 0.6 is 0 Å². The van der Waals surface area contributed by atoms with Gasteiger partial charge in [-0.15, -0.1) is 0 Å². The second-order valence-corrected chi connectivity index (χ2v) is 11.8. The van der Waals surface area contributed by atoms with E-state index in [2.05, 4.69) is 4.98 Å². The monoisotopic (exact) mass is 485 g/mol. The van der Waals surface area contributed by atoms with Crippen LogP contribution in [0.4, 0.5) is 0 Å². The molecule has 1 unspecified atom stereocenters. The topological polar surface area (TPSA) is 95.8 Å². The molecule has 0 aliphatic carbocycles. The Kier molecular flexibility index (Phi) is 5.36. The summed E-state index contributed by atoms with van der Waals surface area (Å²) in [6, 6.07) is 7.08.